The molecule has 1 aromatic rings. The second-order valence-corrected chi connectivity index (χ2v) is 6.02. The van der Waals surface area contributed by atoms with E-state index >= 15 is 0 Å². The average molecular weight is 287 g/mol. The molecular weight excluding hydrogens is 270 g/mol. The molecule has 0 spiro atoms. The van der Waals surface area contributed by atoms with E-state index < -0.39 is 22.1 Å². The number of aliphatic hydroxyl groups is 1. The van der Waals surface area contributed by atoms with Crippen LogP contribution >= 0.6 is 0 Å². The summed E-state index contributed by atoms with van der Waals surface area (Å²) >= 11 is 0. The Morgan fingerprint density at radius 3 is 2.58 bits per heavy atom. The van der Waals surface area contributed by atoms with Crippen LogP contribution in [0.5, 0.6) is 0 Å². The Morgan fingerprint density at radius 1 is 1.37 bits per heavy atom. The van der Waals surface area contributed by atoms with E-state index in [1.54, 1.807) is 24.3 Å². The highest BCUT2D eigenvalue weighted by Crippen LogP contribution is 2.23. The minimum absolute atomic E-state index is 0.0432. The molecule has 0 bridgehead atoms. The minimum atomic E-state index is -3.61. The number of benzene rings is 1. The van der Waals surface area contributed by atoms with Crippen molar-refractivity contribution in [1.82, 2.24) is 0 Å². The van der Waals surface area contributed by atoms with Gasteiger partial charge in [-0.15, -0.1) is 0 Å². The van der Waals surface area contributed by atoms with Gasteiger partial charge < -0.3 is 10.2 Å². The Balaban J connectivity index is 2.75. The van der Waals surface area contributed by atoms with Gasteiger partial charge in [-0.3, -0.25) is 9.52 Å². The minimum Gasteiger partial charge on any atom is -0.481 e. The predicted molar refractivity (Wildman–Crippen MR) is 71.4 cm³/mol. The number of hydrogen-bond acceptors (Lipinski definition) is 4. The van der Waals surface area contributed by atoms with Crippen molar-refractivity contribution in [3.63, 3.8) is 0 Å². The molecule has 0 aromatic heterocycles. The molecule has 0 saturated carbocycles. The van der Waals surface area contributed by atoms with Crippen LogP contribution in [0.4, 0.5) is 5.69 Å². The third kappa shape index (κ3) is 5.27. The lowest BCUT2D eigenvalue weighted by Crippen LogP contribution is -2.18. The van der Waals surface area contributed by atoms with E-state index in [1.807, 2.05) is 0 Å². The zero-order valence-electron chi connectivity index (χ0n) is 10.5. The fourth-order valence-electron chi connectivity index (χ4n) is 1.59. The Labute approximate surface area is 112 Å². The molecule has 0 aliphatic rings. The van der Waals surface area contributed by atoms with Crippen molar-refractivity contribution in [2.45, 2.75) is 25.9 Å². The van der Waals surface area contributed by atoms with Crippen molar-refractivity contribution in [3.05, 3.63) is 29.8 Å². The van der Waals surface area contributed by atoms with E-state index in [-0.39, 0.29) is 18.6 Å². The molecule has 0 saturated heterocycles. The molecule has 3 N–H and O–H groups in total. The van der Waals surface area contributed by atoms with Crippen LogP contribution in [0.15, 0.2) is 24.3 Å². The number of rotatable bonds is 7. The van der Waals surface area contributed by atoms with E-state index in [2.05, 4.69) is 4.72 Å². The molecule has 19 heavy (non-hydrogen) atoms. The van der Waals surface area contributed by atoms with E-state index in [1.165, 1.54) is 6.92 Å². The zero-order chi connectivity index (χ0) is 14.5. The number of carboxylic acid groups (broad SMARTS) is 1. The smallest absolute Gasteiger partial charge is 0.303 e. The number of carbonyl (C=O) groups is 1. The molecule has 0 radical (unpaired) electrons. The number of anilines is 1. The second kappa shape index (κ2) is 6.53. The molecular formula is C12H17NO5S. The first-order chi connectivity index (χ1) is 8.82. The van der Waals surface area contributed by atoms with Crippen LogP contribution in [0.25, 0.3) is 0 Å². The lowest BCUT2D eigenvalue weighted by molar-refractivity contribution is -0.137. The van der Waals surface area contributed by atoms with Crippen LogP contribution < -0.4 is 4.72 Å². The quantitative estimate of drug-likeness (QED) is 0.702. The Kier molecular flexibility index (Phi) is 5.31. The summed E-state index contributed by atoms with van der Waals surface area (Å²) < 4.78 is 25.9. The highest BCUT2D eigenvalue weighted by molar-refractivity contribution is 7.92. The van der Waals surface area contributed by atoms with Gasteiger partial charge in [0.15, 0.2) is 0 Å². The predicted octanol–water partition coefficient (Wildman–Crippen LogP) is 1.35. The summed E-state index contributed by atoms with van der Waals surface area (Å²) in [6.07, 6.45) is -0.946. The Bertz CT molecular complexity index is 539. The molecule has 1 atom stereocenters. The van der Waals surface area contributed by atoms with E-state index in [9.17, 15) is 18.3 Å². The summed E-state index contributed by atoms with van der Waals surface area (Å²) in [5.74, 6) is -1.30. The maximum absolute atomic E-state index is 11.8. The Morgan fingerprint density at radius 2 is 2.00 bits per heavy atom. The first-order valence-corrected chi connectivity index (χ1v) is 7.46. The van der Waals surface area contributed by atoms with Gasteiger partial charge in [-0.05, 0) is 19.4 Å². The van der Waals surface area contributed by atoms with Crippen LogP contribution in [0.1, 0.15) is 31.4 Å². The summed E-state index contributed by atoms with van der Waals surface area (Å²) in [5, 5.41) is 18.0. The van der Waals surface area contributed by atoms with Gasteiger partial charge in [-0.25, -0.2) is 8.42 Å². The van der Waals surface area contributed by atoms with Crippen LogP contribution in [-0.4, -0.2) is 30.4 Å². The third-order valence-electron chi connectivity index (χ3n) is 2.48. The summed E-state index contributed by atoms with van der Waals surface area (Å²) in [4.78, 5) is 10.3. The van der Waals surface area contributed by atoms with Gasteiger partial charge in [0.25, 0.3) is 0 Å². The first kappa shape index (κ1) is 15.5. The number of hydrogen-bond donors (Lipinski definition) is 3. The van der Waals surface area contributed by atoms with Gasteiger partial charge in [-0.1, -0.05) is 18.2 Å². The van der Waals surface area contributed by atoms with Gasteiger partial charge in [0, 0.05) is 12.0 Å². The lowest BCUT2D eigenvalue weighted by Gasteiger charge is -2.13. The van der Waals surface area contributed by atoms with Crippen molar-refractivity contribution >= 4 is 21.7 Å². The fraction of sp³-hybridized carbons (Fsp3) is 0.417. The maximum Gasteiger partial charge on any atom is 0.303 e. The normalized spacial score (nSPS) is 12.9. The van der Waals surface area contributed by atoms with Crippen LogP contribution in [0, 0.1) is 0 Å². The fourth-order valence-corrected chi connectivity index (χ4v) is 2.73. The molecule has 0 heterocycles. The van der Waals surface area contributed by atoms with Gasteiger partial charge >= 0.3 is 5.97 Å². The molecule has 0 aliphatic carbocycles. The molecule has 1 unspecified atom stereocenters. The van der Waals surface area contributed by atoms with Crippen LogP contribution in [0.2, 0.25) is 0 Å². The lowest BCUT2D eigenvalue weighted by atomic mass is 10.1. The number of aliphatic carboxylic acids is 1. The zero-order valence-corrected chi connectivity index (χ0v) is 11.4. The molecule has 0 aliphatic heterocycles. The molecule has 0 fully saturated rings. The molecule has 1 rings (SSSR count). The first-order valence-electron chi connectivity index (χ1n) is 5.81. The van der Waals surface area contributed by atoms with Crippen molar-refractivity contribution in [3.8, 4) is 0 Å². The summed E-state index contributed by atoms with van der Waals surface area (Å²) in [7, 11) is -3.61. The van der Waals surface area contributed by atoms with E-state index in [0.29, 0.717) is 11.3 Å². The number of aliphatic hydroxyl groups excluding tert-OH is 1. The van der Waals surface area contributed by atoms with Crippen LogP contribution in [-0.2, 0) is 14.8 Å². The highest BCUT2D eigenvalue weighted by Gasteiger charge is 2.15. The number of sulfonamides is 1. The molecule has 7 heteroatoms. The van der Waals surface area contributed by atoms with Crippen molar-refractivity contribution in [1.29, 1.82) is 0 Å². The second-order valence-electron chi connectivity index (χ2n) is 4.18. The SMILES string of the molecule is CC(O)c1ccccc1NS(=O)(=O)CCCC(=O)O. The highest BCUT2D eigenvalue weighted by atomic mass is 32.2. The van der Waals surface area contributed by atoms with Crippen molar-refractivity contribution in [2.24, 2.45) is 0 Å². The van der Waals surface area contributed by atoms with Gasteiger partial charge in [-0.2, -0.15) is 0 Å². The monoisotopic (exact) mass is 287 g/mol. The standard InChI is InChI=1S/C12H17NO5S/c1-9(14)10-5-2-3-6-11(10)13-19(17,18)8-4-7-12(15)16/h2-3,5-6,9,13-14H,4,7-8H2,1H3,(H,15,16). The molecule has 0 amide bonds. The third-order valence-corrected chi connectivity index (χ3v) is 3.84. The molecule has 106 valence electrons. The maximum atomic E-state index is 11.8. The van der Waals surface area contributed by atoms with Crippen molar-refractivity contribution < 1.29 is 23.4 Å². The number of nitrogens with one attached hydrogen (secondary N) is 1. The van der Waals surface area contributed by atoms with Crippen molar-refractivity contribution in [2.75, 3.05) is 10.5 Å². The van der Waals surface area contributed by atoms with Crippen LogP contribution in [0.3, 0.4) is 0 Å². The largest absolute Gasteiger partial charge is 0.481 e. The topological polar surface area (TPSA) is 104 Å². The van der Waals surface area contributed by atoms with Gasteiger partial charge in [0.1, 0.15) is 0 Å². The van der Waals surface area contributed by atoms with E-state index in [4.69, 9.17) is 5.11 Å². The molecule has 6 nitrogen and oxygen atoms in total. The summed E-state index contributed by atoms with van der Waals surface area (Å²) in [5.41, 5.74) is 0.789. The summed E-state index contributed by atoms with van der Waals surface area (Å²) in [6, 6.07) is 6.53. The number of carboxylic acids is 1. The Hall–Kier alpha value is -1.60. The summed E-state index contributed by atoms with van der Waals surface area (Å²) in [6.45, 7) is 1.54. The van der Waals surface area contributed by atoms with E-state index in [0.717, 1.165) is 0 Å². The van der Waals surface area contributed by atoms with Gasteiger partial charge in [0.05, 0.1) is 17.5 Å². The molecule has 1 aromatic carbocycles. The van der Waals surface area contributed by atoms with Gasteiger partial charge in [0.2, 0.25) is 10.0 Å². The number of para-hydroxylation sites is 1. The average Bonchev–Trinajstić information content (AvgIpc) is 2.27.